The molecule has 18 heavy (non-hydrogen) atoms. The highest BCUT2D eigenvalue weighted by Crippen LogP contribution is 2.22. The Morgan fingerprint density at radius 1 is 1.33 bits per heavy atom. The minimum absolute atomic E-state index is 0.0459. The summed E-state index contributed by atoms with van der Waals surface area (Å²) in [6.45, 7) is 0. The second-order valence-electron chi connectivity index (χ2n) is 3.81. The second kappa shape index (κ2) is 5.69. The SMILES string of the molecule is Nc1nc(CC(=O)Cc2ccc(Cl)cc2Cl)cs1. The summed E-state index contributed by atoms with van der Waals surface area (Å²) in [6, 6.07) is 5.11. The van der Waals surface area contributed by atoms with Gasteiger partial charge in [0, 0.05) is 28.3 Å². The Balaban J connectivity index is 2.03. The van der Waals surface area contributed by atoms with Gasteiger partial charge in [0.05, 0.1) is 5.69 Å². The molecule has 6 heteroatoms. The summed E-state index contributed by atoms with van der Waals surface area (Å²) in [7, 11) is 0. The number of halogens is 2. The van der Waals surface area contributed by atoms with E-state index in [2.05, 4.69) is 4.98 Å². The molecule has 0 saturated heterocycles. The molecule has 94 valence electrons. The smallest absolute Gasteiger partial charge is 0.180 e. The van der Waals surface area contributed by atoms with Crippen LogP contribution in [0.2, 0.25) is 10.0 Å². The molecule has 0 bridgehead atoms. The zero-order chi connectivity index (χ0) is 13.1. The minimum atomic E-state index is 0.0459. The maximum Gasteiger partial charge on any atom is 0.180 e. The molecular weight excluding hydrogens is 291 g/mol. The number of hydrogen-bond donors (Lipinski definition) is 1. The van der Waals surface area contributed by atoms with Crippen molar-refractivity contribution in [2.75, 3.05) is 5.73 Å². The van der Waals surface area contributed by atoms with E-state index in [-0.39, 0.29) is 18.6 Å². The average Bonchev–Trinajstić information content (AvgIpc) is 2.68. The molecule has 2 N–H and O–H groups in total. The number of thiazole rings is 1. The van der Waals surface area contributed by atoms with Crippen LogP contribution >= 0.6 is 34.5 Å². The molecule has 0 aliphatic rings. The summed E-state index contributed by atoms with van der Waals surface area (Å²) in [5.74, 6) is 0.0459. The van der Waals surface area contributed by atoms with Gasteiger partial charge in [0.25, 0.3) is 0 Å². The van der Waals surface area contributed by atoms with E-state index in [9.17, 15) is 4.79 Å². The van der Waals surface area contributed by atoms with E-state index < -0.39 is 0 Å². The van der Waals surface area contributed by atoms with Crippen LogP contribution in [0.15, 0.2) is 23.6 Å². The predicted molar refractivity (Wildman–Crippen MR) is 75.4 cm³/mol. The van der Waals surface area contributed by atoms with E-state index >= 15 is 0 Å². The van der Waals surface area contributed by atoms with Crippen LogP contribution in [0.4, 0.5) is 5.13 Å². The summed E-state index contributed by atoms with van der Waals surface area (Å²) in [5, 5.41) is 3.33. The van der Waals surface area contributed by atoms with Crippen LogP contribution in [-0.4, -0.2) is 10.8 Å². The number of carbonyl (C=O) groups excluding carboxylic acids is 1. The lowest BCUT2D eigenvalue weighted by atomic mass is 10.1. The maximum absolute atomic E-state index is 11.9. The fourth-order valence-corrected chi connectivity index (χ4v) is 2.58. The molecule has 1 aromatic carbocycles. The number of Topliss-reactive ketones (excluding diaryl/α,β-unsaturated/α-hetero) is 1. The molecule has 2 aromatic rings. The fourth-order valence-electron chi connectivity index (χ4n) is 1.55. The second-order valence-corrected chi connectivity index (χ2v) is 5.54. The molecule has 0 saturated carbocycles. The van der Waals surface area contributed by atoms with Crippen LogP contribution in [0.1, 0.15) is 11.3 Å². The van der Waals surface area contributed by atoms with Crippen molar-refractivity contribution in [2.24, 2.45) is 0 Å². The van der Waals surface area contributed by atoms with E-state index in [1.54, 1.807) is 23.6 Å². The zero-order valence-corrected chi connectivity index (χ0v) is 11.6. The van der Waals surface area contributed by atoms with Crippen LogP contribution < -0.4 is 5.73 Å². The zero-order valence-electron chi connectivity index (χ0n) is 9.32. The highest BCUT2D eigenvalue weighted by Gasteiger charge is 2.10. The first kappa shape index (κ1) is 13.3. The van der Waals surface area contributed by atoms with Gasteiger partial charge in [-0.05, 0) is 17.7 Å². The summed E-state index contributed by atoms with van der Waals surface area (Å²) < 4.78 is 0. The molecule has 0 aliphatic carbocycles. The number of rotatable bonds is 4. The fraction of sp³-hybridized carbons (Fsp3) is 0.167. The van der Waals surface area contributed by atoms with Gasteiger partial charge in [0.2, 0.25) is 0 Å². The Labute approximate surface area is 119 Å². The molecule has 1 heterocycles. The van der Waals surface area contributed by atoms with Gasteiger partial charge in [-0.25, -0.2) is 4.98 Å². The molecular formula is C12H10Cl2N2OS. The van der Waals surface area contributed by atoms with Crippen LogP contribution in [0.5, 0.6) is 0 Å². The summed E-state index contributed by atoms with van der Waals surface area (Å²) in [6.07, 6.45) is 0.542. The van der Waals surface area contributed by atoms with E-state index in [0.29, 0.717) is 20.9 Å². The number of nitrogens with two attached hydrogens (primary N) is 1. The van der Waals surface area contributed by atoms with E-state index in [0.717, 1.165) is 5.56 Å². The van der Waals surface area contributed by atoms with Gasteiger partial charge in [-0.1, -0.05) is 29.3 Å². The Kier molecular flexibility index (Phi) is 4.22. The lowest BCUT2D eigenvalue weighted by molar-refractivity contribution is -0.117. The molecule has 0 fully saturated rings. The standard InChI is InChI=1S/C12H10Cl2N2OS/c13-8-2-1-7(11(14)4-8)3-10(17)5-9-6-18-12(15)16-9/h1-2,4,6H,3,5H2,(H2,15,16). The normalized spacial score (nSPS) is 10.6. The van der Waals surface area contributed by atoms with Crippen LogP contribution in [0.3, 0.4) is 0 Å². The molecule has 0 amide bonds. The monoisotopic (exact) mass is 300 g/mol. The van der Waals surface area contributed by atoms with Crippen LogP contribution in [-0.2, 0) is 17.6 Å². The number of benzene rings is 1. The number of hydrogen-bond acceptors (Lipinski definition) is 4. The molecule has 0 atom stereocenters. The highest BCUT2D eigenvalue weighted by molar-refractivity contribution is 7.13. The Hall–Kier alpha value is -1.10. The number of ketones is 1. The lowest BCUT2D eigenvalue weighted by Crippen LogP contribution is -2.07. The van der Waals surface area contributed by atoms with Crippen molar-refractivity contribution in [1.29, 1.82) is 0 Å². The van der Waals surface area contributed by atoms with Gasteiger partial charge in [0.15, 0.2) is 5.13 Å². The predicted octanol–water partition coefficient (Wildman–Crippen LogP) is 3.39. The average molecular weight is 301 g/mol. The van der Waals surface area contributed by atoms with Crippen molar-refractivity contribution in [3.63, 3.8) is 0 Å². The van der Waals surface area contributed by atoms with Gasteiger partial charge in [-0.15, -0.1) is 11.3 Å². The lowest BCUT2D eigenvalue weighted by Gasteiger charge is -2.03. The number of aromatic nitrogens is 1. The van der Waals surface area contributed by atoms with E-state index in [1.165, 1.54) is 11.3 Å². The van der Waals surface area contributed by atoms with E-state index in [1.807, 2.05) is 0 Å². The minimum Gasteiger partial charge on any atom is -0.375 e. The Morgan fingerprint density at radius 2 is 2.11 bits per heavy atom. The van der Waals surface area contributed by atoms with Gasteiger partial charge in [-0.3, -0.25) is 4.79 Å². The molecule has 1 aromatic heterocycles. The topological polar surface area (TPSA) is 56.0 Å². The highest BCUT2D eigenvalue weighted by atomic mass is 35.5. The van der Waals surface area contributed by atoms with Crippen molar-refractivity contribution in [2.45, 2.75) is 12.8 Å². The van der Waals surface area contributed by atoms with Crippen molar-refractivity contribution in [3.8, 4) is 0 Å². The quantitative estimate of drug-likeness (QED) is 0.941. The largest absolute Gasteiger partial charge is 0.375 e. The van der Waals surface area contributed by atoms with Gasteiger partial charge in [-0.2, -0.15) is 0 Å². The number of nitrogen functional groups attached to an aromatic ring is 1. The molecule has 0 spiro atoms. The third kappa shape index (κ3) is 3.45. The van der Waals surface area contributed by atoms with Gasteiger partial charge in [0.1, 0.15) is 5.78 Å². The molecule has 2 rings (SSSR count). The van der Waals surface area contributed by atoms with E-state index in [4.69, 9.17) is 28.9 Å². The summed E-state index contributed by atoms with van der Waals surface area (Å²) in [4.78, 5) is 15.9. The Bertz CT molecular complexity index is 583. The van der Waals surface area contributed by atoms with Crippen molar-refractivity contribution in [1.82, 2.24) is 4.98 Å². The maximum atomic E-state index is 11.9. The third-order valence-corrected chi connectivity index (χ3v) is 3.66. The number of nitrogens with zero attached hydrogens (tertiary/aromatic N) is 1. The van der Waals surface area contributed by atoms with Crippen molar-refractivity contribution >= 4 is 45.5 Å². The molecule has 0 unspecified atom stereocenters. The number of carbonyl (C=O) groups is 1. The van der Waals surface area contributed by atoms with Crippen molar-refractivity contribution in [3.05, 3.63) is 44.9 Å². The summed E-state index contributed by atoms with van der Waals surface area (Å²) >= 11 is 13.1. The van der Waals surface area contributed by atoms with Crippen LogP contribution in [0, 0.1) is 0 Å². The first-order valence-corrected chi connectivity index (χ1v) is 6.83. The Morgan fingerprint density at radius 3 is 2.72 bits per heavy atom. The van der Waals surface area contributed by atoms with Gasteiger partial charge < -0.3 is 5.73 Å². The summed E-state index contributed by atoms with van der Waals surface area (Å²) in [5.41, 5.74) is 6.98. The molecule has 0 aliphatic heterocycles. The molecule has 3 nitrogen and oxygen atoms in total. The third-order valence-electron chi connectivity index (χ3n) is 2.35. The first-order valence-electron chi connectivity index (χ1n) is 5.20. The molecule has 0 radical (unpaired) electrons. The van der Waals surface area contributed by atoms with Crippen molar-refractivity contribution < 1.29 is 4.79 Å². The first-order chi connectivity index (χ1) is 8.54. The van der Waals surface area contributed by atoms with Crippen LogP contribution in [0.25, 0.3) is 0 Å². The van der Waals surface area contributed by atoms with Gasteiger partial charge >= 0.3 is 0 Å². The number of anilines is 1.